The highest BCUT2D eigenvalue weighted by Gasteiger charge is 2.20. The van der Waals surface area contributed by atoms with Gasteiger partial charge in [-0.25, -0.2) is 0 Å². The Bertz CT molecular complexity index is 398. The number of nitrogen functional groups attached to an aromatic ring is 1. The average molecular weight is 246 g/mol. The Labute approximate surface area is 111 Å². The van der Waals surface area contributed by atoms with Crippen LogP contribution in [0.15, 0.2) is 18.2 Å². The molecule has 1 fully saturated rings. The summed E-state index contributed by atoms with van der Waals surface area (Å²) in [6.45, 7) is 9.23. The summed E-state index contributed by atoms with van der Waals surface area (Å²) in [6.07, 6.45) is 3.98. The monoisotopic (exact) mass is 246 g/mol. The first-order valence-corrected chi connectivity index (χ1v) is 7.19. The minimum Gasteiger partial charge on any atom is -0.399 e. The van der Waals surface area contributed by atoms with Crippen LogP contribution >= 0.6 is 0 Å². The summed E-state index contributed by atoms with van der Waals surface area (Å²) in [4.78, 5) is 2.52. The molecule has 0 aliphatic carbocycles. The molecular weight excluding hydrogens is 220 g/mol. The molecule has 1 unspecified atom stereocenters. The quantitative estimate of drug-likeness (QED) is 0.803. The minimum absolute atomic E-state index is 0.812. The molecule has 0 spiro atoms. The van der Waals surface area contributed by atoms with E-state index in [1.165, 1.54) is 43.6 Å². The maximum absolute atomic E-state index is 5.92. The maximum atomic E-state index is 5.92. The van der Waals surface area contributed by atoms with E-state index in [0.717, 1.165) is 17.5 Å². The number of hydrogen-bond acceptors (Lipinski definition) is 2. The van der Waals surface area contributed by atoms with Gasteiger partial charge in [-0.1, -0.05) is 19.9 Å². The second-order valence-corrected chi connectivity index (χ2v) is 5.97. The number of anilines is 2. The predicted molar refractivity (Wildman–Crippen MR) is 80.0 cm³/mol. The predicted octanol–water partition coefficient (Wildman–Crippen LogP) is 3.84. The second kappa shape index (κ2) is 5.64. The summed E-state index contributed by atoms with van der Waals surface area (Å²) >= 11 is 0. The van der Waals surface area contributed by atoms with Gasteiger partial charge in [0.25, 0.3) is 0 Å². The Hall–Kier alpha value is -1.18. The number of hydrogen-bond donors (Lipinski definition) is 1. The summed E-state index contributed by atoms with van der Waals surface area (Å²) in [6, 6.07) is 6.26. The standard InChI is InChI=1S/C16H26N2/c1-12(2)14-5-4-9-18(10-8-14)16-11-15(17)7-6-13(16)3/h6-7,11-12,14H,4-5,8-10,17H2,1-3H3. The summed E-state index contributed by atoms with van der Waals surface area (Å²) in [5.41, 5.74) is 9.47. The Balaban J connectivity index is 2.12. The molecule has 2 N–H and O–H groups in total. The fourth-order valence-electron chi connectivity index (χ4n) is 3.00. The molecule has 1 aromatic rings. The van der Waals surface area contributed by atoms with Crippen LogP contribution in [0.2, 0.25) is 0 Å². The lowest BCUT2D eigenvalue weighted by atomic mass is 9.89. The molecule has 0 amide bonds. The van der Waals surface area contributed by atoms with Crippen molar-refractivity contribution in [1.82, 2.24) is 0 Å². The van der Waals surface area contributed by atoms with Gasteiger partial charge in [-0.15, -0.1) is 0 Å². The first-order chi connectivity index (χ1) is 8.58. The number of nitrogens with two attached hydrogens (primary N) is 1. The molecule has 100 valence electrons. The van der Waals surface area contributed by atoms with Crippen molar-refractivity contribution in [2.24, 2.45) is 11.8 Å². The largest absolute Gasteiger partial charge is 0.399 e. The Morgan fingerprint density at radius 1 is 1.22 bits per heavy atom. The molecule has 1 atom stereocenters. The minimum atomic E-state index is 0.812. The van der Waals surface area contributed by atoms with Gasteiger partial charge in [0.15, 0.2) is 0 Å². The lowest BCUT2D eigenvalue weighted by Crippen LogP contribution is -2.25. The zero-order valence-electron chi connectivity index (χ0n) is 11.9. The Morgan fingerprint density at radius 3 is 2.72 bits per heavy atom. The Kier molecular flexibility index (Phi) is 4.15. The molecule has 0 aromatic heterocycles. The van der Waals surface area contributed by atoms with Gasteiger partial charge >= 0.3 is 0 Å². The fraction of sp³-hybridized carbons (Fsp3) is 0.625. The van der Waals surface area contributed by atoms with Crippen LogP contribution in [0.25, 0.3) is 0 Å². The molecule has 2 heteroatoms. The average Bonchev–Trinajstić information content (AvgIpc) is 2.58. The first kappa shape index (κ1) is 13.3. The lowest BCUT2D eigenvalue weighted by Gasteiger charge is -2.25. The van der Waals surface area contributed by atoms with Gasteiger partial charge in [0, 0.05) is 24.5 Å². The second-order valence-electron chi connectivity index (χ2n) is 5.97. The highest BCUT2D eigenvalue weighted by molar-refractivity contribution is 5.60. The van der Waals surface area contributed by atoms with Crippen molar-refractivity contribution in [2.45, 2.75) is 40.0 Å². The number of nitrogens with zero attached hydrogens (tertiary/aromatic N) is 1. The lowest BCUT2D eigenvalue weighted by molar-refractivity contribution is 0.351. The van der Waals surface area contributed by atoms with Gasteiger partial charge in [0.1, 0.15) is 0 Å². The molecule has 2 nitrogen and oxygen atoms in total. The number of benzene rings is 1. The van der Waals surface area contributed by atoms with E-state index in [9.17, 15) is 0 Å². The third-order valence-corrected chi connectivity index (χ3v) is 4.29. The van der Waals surface area contributed by atoms with Crippen LogP contribution in [0.3, 0.4) is 0 Å². The topological polar surface area (TPSA) is 29.3 Å². The molecular formula is C16H26N2. The van der Waals surface area contributed by atoms with Crippen LogP contribution in [0.4, 0.5) is 11.4 Å². The van der Waals surface area contributed by atoms with Crippen LogP contribution in [0, 0.1) is 18.8 Å². The van der Waals surface area contributed by atoms with Crippen molar-refractivity contribution in [3.05, 3.63) is 23.8 Å². The van der Waals surface area contributed by atoms with E-state index in [1.54, 1.807) is 0 Å². The van der Waals surface area contributed by atoms with Crippen LogP contribution < -0.4 is 10.6 Å². The van der Waals surface area contributed by atoms with E-state index in [1.807, 2.05) is 6.07 Å². The summed E-state index contributed by atoms with van der Waals surface area (Å²) in [5, 5.41) is 0. The van der Waals surface area contributed by atoms with Crippen molar-refractivity contribution < 1.29 is 0 Å². The highest BCUT2D eigenvalue weighted by atomic mass is 15.1. The molecule has 1 saturated heterocycles. The van der Waals surface area contributed by atoms with E-state index in [0.29, 0.717) is 0 Å². The zero-order valence-corrected chi connectivity index (χ0v) is 11.9. The first-order valence-electron chi connectivity index (χ1n) is 7.19. The third kappa shape index (κ3) is 2.98. The van der Waals surface area contributed by atoms with E-state index in [4.69, 9.17) is 5.73 Å². The number of rotatable bonds is 2. The fourth-order valence-corrected chi connectivity index (χ4v) is 3.00. The van der Waals surface area contributed by atoms with Gasteiger partial charge < -0.3 is 10.6 Å². The van der Waals surface area contributed by atoms with Crippen molar-refractivity contribution in [1.29, 1.82) is 0 Å². The number of aryl methyl sites for hydroxylation is 1. The maximum Gasteiger partial charge on any atom is 0.0416 e. The van der Waals surface area contributed by atoms with Gasteiger partial charge in [0.05, 0.1) is 0 Å². The van der Waals surface area contributed by atoms with E-state index in [-0.39, 0.29) is 0 Å². The molecule has 1 heterocycles. The zero-order chi connectivity index (χ0) is 13.1. The van der Waals surface area contributed by atoms with E-state index in [2.05, 4.69) is 37.8 Å². The van der Waals surface area contributed by atoms with Crippen molar-refractivity contribution >= 4 is 11.4 Å². The normalized spacial score (nSPS) is 21.1. The van der Waals surface area contributed by atoms with E-state index >= 15 is 0 Å². The van der Waals surface area contributed by atoms with Gasteiger partial charge in [-0.2, -0.15) is 0 Å². The molecule has 0 saturated carbocycles. The SMILES string of the molecule is Cc1ccc(N)cc1N1CCCC(C(C)C)CC1. The van der Waals surface area contributed by atoms with Gasteiger partial charge in [-0.05, 0) is 55.7 Å². The highest BCUT2D eigenvalue weighted by Crippen LogP contribution is 2.29. The van der Waals surface area contributed by atoms with E-state index < -0.39 is 0 Å². The van der Waals surface area contributed by atoms with Crippen LogP contribution in [-0.4, -0.2) is 13.1 Å². The molecule has 1 aliphatic rings. The van der Waals surface area contributed by atoms with Gasteiger partial charge in [0.2, 0.25) is 0 Å². The van der Waals surface area contributed by atoms with Crippen LogP contribution in [-0.2, 0) is 0 Å². The van der Waals surface area contributed by atoms with Crippen molar-refractivity contribution in [3.8, 4) is 0 Å². The van der Waals surface area contributed by atoms with Crippen LogP contribution in [0.1, 0.15) is 38.7 Å². The van der Waals surface area contributed by atoms with Crippen molar-refractivity contribution in [2.75, 3.05) is 23.7 Å². The van der Waals surface area contributed by atoms with Crippen LogP contribution in [0.5, 0.6) is 0 Å². The molecule has 0 radical (unpaired) electrons. The van der Waals surface area contributed by atoms with Crippen molar-refractivity contribution in [3.63, 3.8) is 0 Å². The summed E-state index contributed by atoms with van der Waals surface area (Å²) in [7, 11) is 0. The summed E-state index contributed by atoms with van der Waals surface area (Å²) < 4.78 is 0. The van der Waals surface area contributed by atoms with Gasteiger partial charge in [-0.3, -0.25) is 0 Å². The molecule has 2 rings (SSSR count). The molecule has 1 aromatic carbocycles. The molecule has 18 heavy (non-hydrogen) atoms. The third-order valence-electron chi connectivity index (χ3n) is 4.29. The molecule has 1 aliphatic heterocycles. The summed E-state index contributed by atoms with van der Waals surface area (Å²) in [5.74, 6) is 1.70. The smallest absolute Gasteiger partial charge is 0.0416 e. The Morgan fingerprint density at radius 2 is 2.00 bits per heavy atom. The molecule has 0 bridgehead atoms.